The topological polar surface area (TPSA) is 97.3 Å². The first-order valence-electron chi connectivity index (χ1n) is 11.9. The maximum Gasteiger partial charge on any atom is 0.333 e. The third kappa shape index (κ3) is 11.0. The van der Waals surface area contributed by atoms with Crippen molar-refractivity contribution in [2.24, 2.45) is 0 Å². The molecule has 2 rings (SSSR count). The van der Waals surface area contributed by atoms with E-state index in [1.165, 1.54) is 0 Å². The molecule has 36 heavy (non-hydrogen) atoms. The Morgan fingerprint density at radius 3 is 2.31 bits per heavy atom. The Labute approximate surface area is 222 Å². The number of ether oxygens (including phenoxy) is 3. The van der Waals surface area contributed by atoms with E-state index in [1.54, 1.807) is 30.0 Å². The number of nitrogens with one attached hydrogen (secondary N) is 1. The van der Waals surface area contributed by atoms with E-state index < -0.39 is 12.1 Å². The average molecular weight is 541 g/mol. The van der Waals surface area contributed by atoms with Crippen molar-refractivity contribution in [3.05, 3.63) is 63.6 Å². The van der Waals surface area contributed by atoms with Crippen LogP contribution in [0.15, 0.2) is 42.5 Å². The quantitative estimate of drug-likeness (QED) is 0.289. The zero-order valence-corrected chi connectivity index (χ0v) is 22.2. The van der Waals surface area contributed by atoms with Gasteiger partial charge in [0.25, 0.3) is 0 Å². The third-order valence-electron chi connectivity index (χ3n) is 5.14. The van der Waals surface area contributed by atoms with Gasteiger partial charge in [-0.05, 0) is 61.7 Å². The second-order valence-electron chi connectivity index (χ2n) is 7.99. The fourth-order valence-electron chi connectivity index (χ4n) is 3.45. The molecule has 2 amide bonds. The number of urea groups is 1. The minimum Gasteiger partial charge on any atom is -0.492 e. The summed E-state index contributed by atoms with van der Waals surface area (Å²) in [4.78, 5) is 25.4. The van der Waals surface area contributed by atoms with Crippen molar-refractivity contribution in [3.8, 4) is 5.75 Å². The highest BCUT2D eigenvalue weighted by molar-refractivity contribution is 6.34. The monoisotopic (exact) mass is 540 g/mol. The Balaban J connectivity index is 1.78. The summed E-state index contributed by atoms with van der Waals surface area (Å²) in [6.07, 6.45) is 0.0608. The summed E-state index contributed by atoms with van der Waals surface area (Å²) in [5.74, 6) is -0.344. The van der Waals surface area contributed by atoms with Crippen molar-refractivity contribution >= 4 is 35.2 Å². The molecule has 2 aromatic rings. The van der Waals surface area contributed by atoms with Crippen LogP contribution in [0.4, 0.5) is 4.79 Å². The van der Waals surface area contributed by atoms with Gasteiger partial charge in [-0.3, -0.25) is 0 Å². The van der Waals surface area contributed by atoms with E-state index in [-0.39, 0.29) is 12.5 Å². The number of carboxylic acid groups (broad SMARTS) is 1. The summed E-state index contributed by atoms with van der Waals surface area (Å²) in [7, 11) is 0. The number of hydrogen-bond acceptors (Lipinski definition) is 5. The molecule has 0 aliphatic rings. The van der Waals surface area contributed by atoms with E-state index in [9.17, 15) is 14.7 Å². The van der Waals surface area contributed by atoms with Crippen LogP contribution in [0.3, 0.4) is 0 Å². The number of carbonyl (C=O) groups is 2. The molecular weight excluding hydrogens is 507 g/mol. The lowest BCUT2D eigenvalue weighted by molar-refractivity contribution is -0.149. The smallest absolute Gasteiger partial charge is 0.333 e. The Bertz CT molecular complexity index is 938. The summed E-state index contributed by atoms with van der Waals surface area (Å²) < 4.78 is 16.8. The summed E-state index contributed by atoms with van der Waals surface area (Å²) in [6, 6.07) is 12.3. The first kappa shape index (κ1) is 29.7. The molecular formula is C26H34Cl2N2O6. The van der Waals surface area contributed by atoms with Gasteiger partial charge in [0.1, 0.15) is 12.4 Å². The third-order valence-corrected chi connectivity index (χ3v) is 5.58. The van der Waals surface area contributed by atoms with Gasteiger partial charge in [-0.15, -0.1) is 0 Å². The van der Waals surface area contributed by atoms with Crippen LogP contribution in [0, 0.1) is 0 Å². The maximum absolute atomic E-state index is 12.4. The van der Waals surface area contributed by atoms with Gasteiger partial charge < -0.3 is 29.5 Å². The highest BCUT2D eigenvalue weighted by Crippen LogP contribution is 2.19. The highest BCUT2D eigenvalue weighted by Gasteiger charge is 2.18. The molecule has 1 unspecified atom stereocenters. The van der Waals surface area contributed by atoms with Crippen molar-refractivity contribution < 1.29 is 28.9 Å². The van der Waals surface area contributed by atoms with Gasteiger partial charge in [-0.25, -0.2) is 9.59 Å². The first-order chi connectivity index (χ1) is 17.3. The molecule has 0 radical (unpaired) electrons. The van der Waals surface area contributed by atoms with E-state index in [2.05, 4.69) is 5.32 Å². The van der Waals surface area contributed by atoms with Crippen LogP contribution in [-0.4, -0.2) is 67.6 Å². The lowest BCUT2D eigenvalue weighted by atomic mass is 10.1. The number of aliphatic carboxylic acids is 1. The largest absolute Gasteiger partial charge is 0.492 e. The van der Waals surface area contributed by atoms with Crippen molar-refractivity contribution in [1.29, 1.82) is 0 Å². The summed E-state index contributed by atoms with van der Waals surface area (Å²) in [5.41, 5.74) is 1.73. The second kappa shape index (κ2) is 16.3. The minimum absolute atomic E-state index is 0.159. The van der Waals surface area contributed by atoms with Crippen LogP contribution in [0.5, 0.6) is 5.75 Å². The first-order valence-corrected chi connectivity index (χ1v) is 12.7. The van der Waals surface area contributed by atoms with Crippen LogP contribution in [-0.2, 0) is 27.3 Å². The van der Waals surface area contributed by atoms with Gasteiger partial charge in [-0.2, -0.15) is 0 Å². The SMILES string of the molecule is CCNC(=O)N(CCCOCc1cc(Cl)cc(Cl)c1)CCOc1ccc(CC(OCC)C(=O)O)cc1. The zero-order valence-electron chi connectivity index (χ0n) is 20.7. The molecule has 10 heteroatoms. The van der Waals surface area contributed by atoms with Gasteiger partial charge in [0.2, 0.25) is 0 Å². The molecule has 0 heterocycles. The van der Waals surface area contributed by atoms with Crippen LogP contribution in [0.25, 0.3) is 0 Å². The van der Waals surface area contributed by atoms with E-state index >= 15 is 0 Å². The number of carbonyl (C=O) groups excluding carboxylic acids is 1. The van der Waals surface area contributed by atoms with Crippen molar-refractivity contribution in [3.63, 3.8) is 0 Å². The zero-order chi connectivity index (χ0) is 26.3. The standard InChI is InChI=1S/C26H34Cl2N2O6/c1-3-29-26(33)30(10-5-12-34-18-20-14-21(27)17-22(28)15-20)11-13-36-23-8-6-19(7-9-23)16-24(25(31)32)35-4-2/h6-9,14-15,17,24H,3-5,10-13,16,18H2,1-2H3,(H,29,33)(H,31,32). The van der Waals surface area contributed by atoms with Crippen LogP contribution >= 0.6 is 23.2 Å². The Morgan fingerprint density at radius 2 is 1.69 bits per heavy atom. The number of hydrogen-bond donors (Lipinski definition) is 2. The number of nitrogens with zero attached hydrogens (tertiary/aromatic N) is 1. The van der Waals surface area contributed by atoms with Gasteiger partial charge in [0, 0.05) is 42.8 Å². The number of rotatable bonds is 16. The van der Waals surface area contributed by atoms with Crippen LogP contribution in [0.1, 0.15) is 31.4 Å². The van der Waals surface area contributed by atoms with Crippen molar-refractivity contribution in [1.82, 2.24) is 10.2 Å². The number of amides is 2. The molecule has 0 aromatic heterocycles. The fraction of sp³-hybridized carbons (Fsp3) is 0.462. The van der Waals surface area contributed by atoms with Crippen LogP contribution in [0.2, 0.25) is 10.0 Å². The normalized spacial score (nSPS) is 11.7. The minimum atomic E-state index is -0.984. The van der Waals surface area contributed by atoms with Gasteiger partial charge in [-0.1, -0.05) is 35.3 Å². The molecule has 0 saturated carbocycles. The lowest BCUT2D eigenvalue weighted by Gasteiger charge is -2.23. The summed E-state index contributed by atoms with van der Waals surface area (Å²) in [5, 5.41) is 13.2. The molecule has 1 atom stereocenters. The summed E-state index contributed by atoms with van der Waals surface area (Å²) in [6.45, 7) is 6.59. The summed E-state index contributed by atoms with van der Waals surface area (Å²) >= 11 is 12.0. The van der Waals surface area contributed by atoms with E-state index in [4.69, 9.17) is 37.4 Å². The van der Waals surface area contributed by atoms with E-state index in [1.807, 2.05) is 31.2 Å². The highest BCUT2D eigenvalue weighted by atomic mass is 35.5. The molecule has 8 nitrogen and oxygen atoms in total. The Hall–Kier alpha value is -2.52. The number of carboxylic acids is 1. The lowest BCUT2D eigenvalue weighted by Crippen LogP contribution is -2.42. The fourth-order valence-corrected chi connectivity index (χ4v) is 4.02. The van der Waals surface area contributed by atoms with Crippen molar-refractivity contribution in [2.75, 3.05) is 39.5 Å². The molecule has 2 N–H and O–H groups in total. The predicted octanol–water partition coefficient (Wildman–Crippen LogP) is 5.04. The molecule has 0 aliphatic carbocycles. The molecule has 0 saturated heterocycles. The molecule has 198 valence electrons. The van der Waals surface area contributed by atoms with E-state index in [0.717, 1.165) is 11.1 Å². The molecule has 2 aromatic carbocycles. The van der Waals surface area contributed by atoms with Gasteiger partial charge in [0.05, 0.1) is 13.2 Å². The molecule has 0 bridgehead atoms. The Kier molecular flexibility index (Phi) is 13.4. The Morgan fingerprint density at radius 1 is 1.00 bits per heavy atom. The maximum atomic E-state index is 12.4. The van der Waals surface area contributed by atoms with E-state index in [0.29, 0.717) is 68.3 Å². The van der Waals surface area contributed by atoms with Gasteiger partial charge >= 0.3 is 12.0 Å². The number of benzene rings is 2. The number of halogens is 2. The predicted molar refractivity (Wildman–Crippen MR) is 140 cm³/mol. The van der Waals surface area contributed by atoms with Crippen molar-refractivity contribution in [2.45, 2.75) is 39.4 Å². The molecule has 0 spiro atoms. The average Bonchev–Trinajstić information content (AvgIpc) is 2.83. The van der Waals surface area contributed by atoms with Crippen LogP contribution < -0.4 is 10.1 Å². The van der Waals surface area contributed by atoms with Gasteiger partial charge in [0.15, 0.2) is 6.10 Å². The molecule has 0 fully saturated rings. The molecule has 0 aliphatic heterocycles. The second-order valence-corrected chi connectivity index (χ2v) is 8.86.